The fraction of sp³-hybridized carbons (Fsp3) is 0.611. The SMILES string of the molecule is CN1CCN(C(=O)OCCc2cc(N3CCN(C(=O)Cl)CC3)ccn2)CC1. The highest BCUT2D eigenvalue weighted by atomic mass is 35.5. The molecule has 1 aromatic heterocycles. The van der Waals surface area contributed by atoms with Gasteiger partial charge >= 0.3 is 11.5 Å². The van der Waals surface area contributed by atoms with Crippen molar-refractivity contribution in [2.75, 3.05) is 70.9 Å². The number of hydrogen-bond acceptors (Lipinski definition) is 6. The van der Waals surface area contributed by atoms with Gasteiger partial charge in [-0.15, -0.1) is 0 Å². The average Bonchev–Trinajstić information content (AvgIpc) is 2.69. The number of piperazine rings is 2. The van der Waals surface area contributed by atoms with Gasteiger partial charge in [0.1, 0.15) is 0 Å². The second kappa shape index (κ2) is 9.23. The van der Waals surface area contributed by atoms with E-state index in [9.17, 15) is 9.59 Å². The fourth-order valence-corrected chi connectivity index (χ4v) is 3.43. The van der Waals surface area contributed by atoms with Crippen LogP contribution in [0.3, 0.4) is 0 Å². The number of rotatable bonds is 4. The van der Waals surface area contributed by atoms with Crippen molar-refractivity contribution < 1.29 is 14.3 Å². The van der Waals surface area contributed by atoms with Gasteiger partial charge in [0.25, 0.3) is 0 Å². The normalized spacial score (nSPS) is 18.5. The quantitative estimate of drug-likeness (QED) is 0.568. The van der Waals surface area contributed by atoms with E-state index in [4.69, 9.17) is 16.3 Å². The lowest BCUT2D eigenvalue weighted by Crippen LogP contribution is -2.47. The molecule has 2 fully saturated rings. The second-order valence-corrected chi connectivity index (χ2v) is 7.21. The number of ether oxygens (including phenoxy) is 1. The van der Waals surface area contributed by atoms with E-state index < -0.39 is 5.37 Å². The Bertz CT molecular complexity index is 658. The van der Waals surface area contributed by atoms with E-state index in [-0.39, 0.29) is 6.09 Å². The Balaban J connectivity index is 1.45. The molecule has 0 spiro atoms. The third kappa shape index (κ3) is 5.46. The van der Waals surface area contributed by atoms with Crippen LogP contribution in [0.4, 0.5) is 15.3 Å². The summed E-state index contributed by atoms with van der Waals surface area (Å²) in [5.74, 6) is 0. The van der Waals surface area contributed by atoms with E-state index in [0.717, 1.165) is 37.6 Å². The molecule has 2 saturated heterocycles. The van der Waals surface area contributed by atoms with Crippen molar-refractivity contribution in [1.29, 1.82) is 0 Å². The van der Waals surface area contributed by atoms with Crippen LogP contribution in [-0.4, -0.2) is 97.2 Å². The zero-order chi connectivity index (χ0) is 19.2. The summed E-state index contributed by atoms with van der Waals surface area (Å²) in [4.78, 5) is 35.5. The molecule has 0 bridgehead atoms. The maximum absolute atomic E-state index is 12.1. The molecule has 0 unspecified atom stereocenters. The molecule has 2 amide bonds. The lowest BCUT2D eigenvalue weighted by molar-refractivity contribution is 0.0825. The van der Waals surface area contributed by atoms with Crippen molar-refractivity contribution in [3.63, 3.8) is 0 Å². The van der Waals surface area contributed by atoms with Gasteiger partial charge < -0.3 is 24.3 Å². The maximum Gasteiger partial charge on any atom is 0.409 e. The van der Waals surface area contributed by atoms with E-state index in [1.807, 2.05) is 12.1 Å². The van der Waals surface area contributed by atoms with Gasteiger partial charge in [0.15, 0.2) is 0 Å². The first-order valence-electron chi connectivity index (χ1n) is 9.27. The van der Waals surface area contributed by atoms with Crippen LogP contribution in [0.2, 0.25) is 0 Å². The smallest absolute Gasteiger partial charge is 0.409 e. The molecule has 0 radical (unpaired) electrons. The Morgan fingerprint density at radius 1 is 1.07 bits per heavy atom. The van der Waals surface area contributed by atoms with Crippen LogP contribution < -0.4 is 4.90 Å². The van der Waals surface area contributed by atoms with Gasteiger partial charge in [-0.3, -0.25) is 9.78 Å². The van der Waals surface area contributed by atoms with Gasteiger partial charge in [0.2, 0.25) is 0 Å². The van der Waals surface area contributed by atoms with Crippen LogP contribution in [0.25, 0.3) is 0 Å². The number of amides is 2. The number of anilines is 1. The maximum atomic E-state index is 12.1. The molecule has 9 heteroatoms. The molecule has 0 N–H and O–H groups in total. The summed E-state index contributed by atoms with van der Waals surface area (Å²) < 4.78 is 5.40. The van der Waals surface area contributed by atoms with E-state index in [1.54, 1.807) is 16.0 Å². The van der Waals surface area contributed by atoms with E-state index in [0.29, 0.717) is 39.2 Å². The largest absolute Gasteiger partial charge is 0.449 e. The highest BCUT2D eigenvalue weighted by Gasteiger charge is 2.21. The molecule has 8 nitrogen and oxygen atoms in total. The number of likely N-dealkylation sites (N-methyl/N-ethyl adjacent to an activating group) is 1. The second-order valence-electron chi connectivity index (χ2n) is 6.89. The number of aromatic nitrogens is 1. The number of halogens is 1. The van der Waals surface area contributed by atoms with Crippen LogP contribution in [0.15, 0.2) is 18.3 Å². The molecule has 148 valence electrons. The molecule has 0 atom stereocenters. The van der Waals surface area contributed by atoms with Crippen molar-refractivity contribution in [1.82, 2.24) is 19.7 Å². The number of nitrogens with zero attached hydrogens (tertiary/aromatic N) is 5. The molecule has 1 aromatic rings. The summed E-state index contributed by atoms with van der Waals surface area (Å²) in [6.45, 7) is 6.18. The van der Waals surface area contributed by atoms with Crippen molar-refractivity contribution in [3.05, 3.63) is 24.0 Å². The van der Waals surface area contributed by atoms with Gasteiger partial charge in [-0.25, -0.2) is 4.79 Å². The molecule has 2 aliphatic rings. The summed E-state index contributed by atoms with van der Waals surface area (Å²) in [6, 6.07) is 3.97. The molecule has 0 aromatic carbocycles. The first kappa shape index (κ1) is 19.7. The van der Waals surface area contributed by atoms with Crippen molar-refractivity contribution in [3.8, 4) is 0 Å². The lowest BCUT2D eigenvalue weighted by atomic mass is 10.2. The predicted molar refractivity (Wildman–Crippen MR) is 103 cm³/mol. The first-order valence-corrected chi connectivity index (χ1v) is 9.65. The number of carbonyl (C=O) groups excluding carboxylic acids is 2. The van der Waals surface area contributed by atoms with Gasteiger partial charge in [-0.2, -0.15) is 0 Å². The molecular weight excluding hydrogens is 370 g/mol. The summed E-state index contributed by atoms with van der Waals surface area (Å²) in [5, 5.41) is -0.396. The molecule has 0 aliphatic carbocycles. The molecule has 3 heterocycles. The van der Waals surface area contributed by atoms with Crippen LogP contribution in [-0.2, 0) is 11.2 Å². The minimum absolute atomic E-state index is 0.249. The minimum atomic E-state index is -0.396. The van der Waals surface area contributed by atoms with Gasteiger partial charge in [-0.1, -0.05) is 0 Å². The monoisotopic (exact) mass is 395 g/mol. The highest BCUT2D eigenvalue weighted by Crippen LogP contribution is 2.18. The highest BCUT2D eigenvalue weighted by molar-refractivity contribution is 6.62. The third-order valence-electron chi connectivity index (χ3n) is 5.04. The average molecular weight is 396 g/mol. The molecule has 3 rings (SSSR count). The number of hydrogen-bond donors (Lipinski definition) is 0. The van der Waals surface area contributed by atoms with Crippen molar-refractivity contribution in [2.24, 2.45) is 0 Å². The van der Waals surface area contributed by atoms with Gasteiger partial charge in [-0.05, 0) is 30.8 Å². The predicted octanol–water partition coefficient (Wildman–Crippen LogP) is 1.49. The van der Waals surface area contributed by atoms with Crippen LogP contribution in [0, 0.1) is 0 Å². The Morgan fingerprint density at radius 3 is 2.41 bits per heavy atom. The Morgan fingerprint density at radius 2 is 1.74 bits per heavy atom. The molecule has 2 aliphatic heterocycles. The van der Waals surface area contributed by atoms with Crippen LogP contribution >= 0.6 is 11.6 Å². The Hall–Kier alpha value is -2.06. The lowest BCUT2D eigenvalue weighted by Gasteiger charge is -2.35. The molecule has 0 saturated carbocycles. The van der Waals surface area contributed by atoms with Crippen molar-refractivity contribution in [2.45, 2.75) is 6.42 Å². The summed E-state index contributed by atoms with van der Waals surface area (Å²) >= 11 is 5.53. The van der Waals surface area contributed by atoms with Gasteiger partial charge in [0.05, 0.1) is 6.61 Å². The molecular formula is C18H26ClN5O3. The Labute approximate surface area is 164 Å². The zero-order valence-corrected chi connectivity index (χ0v) is 16.4. The third-order valence-corrected chi connectivity index (χ3v) is 5.28. The van der Waals surface area contributed by atoms with E-state index in [1.165, 1.54) is 0 Å². The first-order chi connectivity index (χ1) is 13.0. The van der Waals surface area contributed by atoms with Crippen LogP contribution in [0.1, 0.15) is 5.69 Å². The number of carbonyl (C=O) groups is 2. The fourth-order valence-electron chi connectivity index (χ4n) is 3.26. The van der Waals surface area contributed by atoms with E-state index in [2.05, 4.69) is 21.8 Å². The summed E-state index contributed by atoms with van der Waals surface area (Å²) in [7, 11) is 2.05. The summed E-state index contributed by atoms with van der Waals surface area (Å²) in [5.41, 5.74) is 1.95. The molecule has 27 heavy (non-hydrogen) atoms. The Kier molecular flexibility index (Phi) is 6.73. The van der Waals surface area contributed by atoms with Gasteiger partial charge in [0, 0.05) is 76.4 Å². The standard InChI is InChI=1S/C18H26ClN5O3/c1-21-5-7-24(8-6-21)18(26)27-13-3-15-14-16(2-4-20-15)22-9-11-23(12-10-22)17(19)25/h2,4,14H,3,5-13H2,1H3. The van der Waals surface area contributed by atoms with E-state index >= 15 is 0 Å². The minimum Gasteiger partial charge on any atom is -0.449 e. The number of pyridine rings is 1. The van der Waals surface area contributed by atoms with Crippen LogP contribution in [0.5, 0.6) is 0 Å². The summed E-state index contributed by atoms with van der Waals surface area (Å²) in [6.07, 6.45) is 2.10. The topological polar surface area (TPSA) is 69.2 Å². The van der Waals surface area contributed by atoms with Crippen molar-refractivity contribution >= 4 is 28.7 Å². The zero-order valence-electron chi connectivity index (χ0n) is 15.6.